The number of nitrogens with zero attached hydrogens (tertiary/aromatic N) is 3. The standard InChI is InChI=1S/C18H26ClN5O2/c1-12(25-14-8-6-13(19)7-9-14)10-21-17(20-5)22-11-15-23-16(26-24-15)18(2,3)4/h6-9,12H,10-11H2,1-5H3,(H2,20,21,22). The lowest BCUT2D eigenvalue weighted by Gasteiger charge is -2.17. The van der Waals surface area contributed by atoms with Crippen molar-refractivity contribution in [1.29, 1.82) is 0 Å². The first-order chi connectivity index (χ1) is 12.3. The fourth-order valence-electron chi connectivity index (χ4n) is 2.04. The van der Waals surface area contributed by atoms with E-state index in [4.69, 9.17) is 20.9 Å². The molecule has 1 unspecified atom stereocenters. The van der Waals surface area contributed by atoms with Crippen LogP contribution in [0.5, 0.6) is 5.75 Å². The molecule has 0 bridgehead atoms. The molecular formula is C18H26ClN5O2. The van der Waals surface area contributed by atoms with Crippen LogP contribution in [0.2, 0.25) is 5.02 Å². The van der Waals surface area contributed by atoms with Crippen LogP contribution < -0.4 is 15.4 Å². The Labute approximate surface area is 159 Å². The molecule has 0 aliphatic heterocycles. The van der Waals surface area contributed by atoms with Crippen molar-refractivity contribution in [2.45, 2.75) is 45.8 Å². The average molecular weight is 380 g/mol. The van der Waals surface area contributed by atoms with Crippen LogP contribution in [0, 0.1) is 0 Å². The van der Waals surface area contributed by atoms with Crippen molar-refractivity contribution < 1.29 is 9.26 Å². The number of aliphatic imine (C=N–C) groups is 1. The zero-order chi connectivity index (χ0) is 19.2. The van der Waals surface area contributed by atoms with Gasteiger partial charge in [0.05, 0.1) is 13.1 Å². The van der Waals surface area contributed by atoms with Crippen molar-refractivity contribution in [2.24, 2.45) is 4.99 Å². The minimum absolute atomic E-state index is 0.0487. The first kappa shape index (κ1) is 20.0. The Morgan fingerprint density at radius 1 is 1.27 bits per heavy atom. The quantitative estimate of drug-likeness (QED) is 0.592. The molecule has 2 rings (SSSR count). The van der Waals surface area contributed by atoms with E-state index in [0.717, 1.165) is 5.75 Å². The maximum Gasteiger partial charge on any atom is 0.232 e. The lowest BCUT2D eigenvalue weighted by atomic mass is 9.97. The summed E-state index contributed by atoms with van der Waals surface area (Å²) in [7, 11) is 1.71. The molecule has 142 valence electrons. The molecule has 0 fully saturated rings. The minimum Gasteiger partial charge on any atom is -0.489 e. The second kappa shape index (κ2) is 8.89. The highest BCUT2D eigenvalue weighted by Crippen LogP contribution is 2.19. The first-order valence-corrected chi connectivity index (χ1v) is 8.85. The van der Waals surface area contributed by atoms with Gasteiger partial charge in [-0.25, -0.2) is 0 Å². The van der Waals surface area contributed by atoms with Gasteiger partial charge < -0.3 is 19.9 Å². The van der Waals surface area contributed by atoms with E-state index in [1.807, 2.05) is 39.8 Å². The predicted octanol–water partition coefficient (Wildman–Crippen LogP) is 3.15. The van der Waals surface area contributed by atoms with E-state index in [9.17, 15) is 0 Å². The summed E-state index contributed by atoms with van der Waals surface area (Å²) in [5, 5.41) is 11.0. The number of ether oxygens (including phenoxy) is 1. The van der Waals surface area contributed by atoms with Gasteiger partial charge in [-0.2, -0.15) is 4.98 Å². The monoisotopic (exact) mass is 379 g/mol. The molecule has 0 radical (unpaired) electrons. The van der Waals surface area contributed by atoms with Crippen LogP contribution in [0.25, 0.3) is 0 Å². The molecular weight excluding hydrogens is 354 g/mol. The van der Waals surface area contributed by atoms with Gasteiger partial charge in [0.25, 0.3) is 0 Å². The van der Waals surface area contributed by atoms with Crippen LogP contribution in [-0.4, -0.2) is 35.8 Å². The van der Waals surface area contributed by atoms with Gasteiger partial charge in [-0.15, -0.1) is 0 Å². The predicted molar refractivity (Wildman–Crippen MR) is 103 cm³/mol. The van der Waals surface area contributed by atoms with E-state index in [0.29, 0.717) is 35.8 Å². The Kier molecular flexibility index (Phi) is 6.85. The maximum atomic E-state index is 5.87. The van der Waals surface area contributed by atoms with Gasteiger partial charge in [0.2, 0.25) is 5.89 Å². The van der Waals surface area contributed by atoms with Crippen molar-refractivity contribution >= 4 is 17.6 Å². The highest BCUT2D eigenvalue weighted by Gasteiger charge is 2.21. The number of rotatable bonds is 6. The average Bonchev–Trinajstić information content (AvgIpc) is 3.06. The lowest BCUT2D eigenvalue weighted by Crippen LogP contribution is -2.41. The minimum atomic E-state index is -0.167. The van der Waals surface area contributed by atoms with Gasteiger partial charge in [-0.05, 0) is 31.2 Å². The third kappa shape index (κ3) is 6.22. The number of guanidine groups is 1. The molecule has 2 N–H and O–H groups in total. The topological polar surface area (TPSA) is 84.6 Å². The van der Waals surface area contributed by atoms with E-state index >= 15 is 0 Å². The fraction of sp³-hybridized carbons (Fsp3) is 0.500. The molecule has 1 aromatic heterocycles. The summed E-state index contributed by atoms with van der Waals surface area (Å²) < 4.78 is 11.1. The second-order valence-electron chi connectivity index (χ2n) is 6.95. The SMILES string of the molecule is CN=C(NCc1noc(C(C)(C)C)n1)NCC(C)Oc1ccc(Cl)cc1. The largest absolute Gasteiger partial charge is 0.489 e. The third-order valence-electron chi connectivity index (χ3n) is 3.46. The van der Waals surface area contributed by atoms with Crippen molar-refractivity contribution in [1.82, 2.24) is 20.8 Å². The highest BCUT2D eigenvalue weighted by molar-refractivity contribution is 6.30. The smallest absolute Gasteiger partial charge is 0.232 e. The second-order valence-corrected chi connectivity index (χ2v) is 7.39. The molecule has 26 heavy (non-hydrogen) atoms. The fourth-order valence-corrected chi connectivity index (χ4v) is 2.17. The summed E-state index contributed by atoms with van der Waals surface area (Å²) in [6.07, 6.45) is -0.0487. The van der Waals surface area contributed by atoms with Gasteiger partial charge in [-0.3, -0.25) is 4.99 Å². The van der Waals surface area contributed by atoms with Gasteiger partial charge in [0.15, 0.2) is 11.8 Å². The molecule has 1 aromatic carbocycles. The van der Waals surface area contributed by atoms with Crippen LogP contribution in [-0.2, 0) is 12.0 Å². The number of aromatic nitrogens is 2. The summed E-state index contributed by atoms with van der Waals surface area (Å²) in [5.74, 6) is 2.61. The van der Waals surface area contributed by atoms with Crippen LogP contribution >= 0.6 is 11.6 Å². The Morgan fingerprint density at radius 3 is 2.54 bits per heavy atom. The van der Waals surface area contributed by atoms with Crippen molar-refractivity contribution in [3.63, 3.8) is 0 Å². The van der Waals surface area contributed by atoms with E-state index in [-0.39, 0.29) is 11.5 Å². The number of hydrogen-bond acceptors (Lipinski definition) is 5. The number of benzene rings is 1. The van der Waals surface area contributed by atoms with Gasteiger partial charge in [-0.1, -0.05) is 37.5 Å². The molecule has 1 heterocycles. The summed E-state index contributed by atoms with van der Waals surface area (Å²) >= 11 is 5.87. The molecule has 0 amide bonds. The normalized spacial score (nSPS) is 13.4. The van der Waals surface area contributed by atoms with Crippen molar-refractivity contribution in [3.05, 3.63) is 41.0 Å². The zero-order valence-electron chi connectivity index (χ0n) is 15.8. The molecule has 2 aromatic rings. The van der Waals surface area contributed by atoms with Crippen molar-refractivity contribution in [2.75, 3.05) is 13.6 Å². The van der Waals surface area contributed by atoms with Crippen LogP contribution in [0.3, 0.4) is 0 Å². The molecule has 0 saturated carbocycles. The molecule has 0 saturated heterocycles. The van der Waals surface area contributed by atoms with Crippen LogP contribution in [0.15, 0.2) is 33.8 Å². The lowest BCUT2D eigenvalue weighted by molar-refractivity contribution is 0.224. The molecule has 0 aliphatic carbocycles. The molecule has 0 aliphatic rings. The van der Waals surface area contributed by atoms with E-state index < -0.39 is 0 Å². The molecule has 1 atom stereocenters. The summed E-state index contributed by atoms with van der Waals surface area (Å²) in [6, 6.07) is 7.28. The van der Waals surface area contributed by atoms with Crippen molar-refractivity contribution in [3.8, 4) is 5.75 Å². The summed E-state index contributed by atoms with van der Waals surface area (Å²) in [5.41, 5.74) is -0.167. The number of hydrogen-bond donors (Lipinski definition) is 2. The van der Waals surface area contributed by atoms with Gasteiger partial charge in [0.1, 0.15) is 11.9 Å². The van der Waals surface area contributed by atoms with Gasteiger partial charge >= 0.3 is 0 Å². The Hall–Kier alpha value is -2.28. The Bertz CT molecular complexity index is 722. The number of halogens is 1. The number of nitrogens with one attached hydrogen (secondary N) is 2. The Morgan fingerprint density at radius 2 is 1.96 bits per heavy atom. The van der Waals surface area contributed by atoms with E-state index in [2.05, 4.69) is 25.8 Å². The zero-order valence-corrected chi connectivity index (χ0v) is 16.6. The van der Waals surface area contributed by atoms with E-state index in [1.54, 1.807) is 19.2 Å². The van der Waals surface area contributed by atoms with Gasteiger partial charge in [0, 0.05) is 17.5 Å². The van der Waals surface area contributed by atoms with E-state index in [1.165, 1.54) is 0 Å². The maximum absolute atomic E-state index is 5.87. The molecule has 7 nitrogen and oxygen atoms in total. The molecule has 8 heteroatoms. The molecule has 0 spiro atoms. The van der Waals surface area contributed by atoms with Crippen LogP contribution in [0.1, 0.15) is 39.4 Å². The first-order valence-electron chi connectivity index (χ1n) is 8.47. The Balaban J connectivity index is 1.78. The summed E-state index contributed by atoms with van der Waals surface area (Å²) in [6.45, 7) is 9.07. The van der Waals surface area contributed by atoms with Crippen LogP contribution in [0.4, 0.5) is 0 Å². The highest BCUT2D eigenvalue weighted by atomic mass is 35.5. The summed E-state index contributed by atoms with van der Waals surface area (Å²) in [4.78, 5) is 8.57. The third-order valence-corrected chi connectivity index (χ3v) is 3.71.